The second kappa shape index (κ2) is 11.4. The summed E-state index contributed by atoms with van der Waals surface area (Å²) in [6.07, 6.45) is 0.902. The number of aryl methyl sites for hydroxylation is 1. The van der Waals surface area contributed by atoms with Gasteiger partial charge in [0.1, 0.15) is 0 Å². The topological polar surface area (TPSA) is 82.6 Å². The quantitative estimate of drug-likeness (QED) is 0.269. The minimum atomic E-state index is -3.61. The van der Waals surface area contributed by atoms with Gasteiger partial charge < -0.3 is 10.6 Å². The third-order valence-corrected chi connectivity index (χ3v) is 6.94. The van der Waals surface area contributed by atoms with Crippen molar-refractivity contribution in [3.05, 3.63) is 51.7 Å². The summed E-state index contributed by atoms with van der Waals surface area (Å²) < 4.78 is 28.3. The van der Waals surface area contributed by atoms with E-state index in [9.17, 15) is 8.42 Å². The van der Waals surface area contributed by atoms with Gasteiger partial charge in [-0.1, -0.05) is 18.2 Å². The van der Waals surface area contributed by atoms with Crippen LogP contribution in [-0.2, 0) is 23.0 Å². The molecular weight excluding hydrogens is 531 g/mol. The summed E-state index contributed by atoms with van der Waals surface area (Å²) in [6.45, 7) is 10.0. The summed E-state index contributed by atoms with van der Waals surface area (Å²) in [5.74, 6) is 0.641. The number of thiophene rings is 1. The highest BCUT2D eigenvalue weighted by atomic mass is 127. The van der Waals surface area contributed by atoms with E-state index in [0.717, 1.165) is 6.42 Å². The molecule has 0 saturated carbocycles. The summed E-state index contributed by atoms with van der Waals surface area (Å²) in [7, 11) is -1.90. The Balaban J connectivity index is 0.00000450. The van der Waals surface area contributed by atoms with Gasteiger partial charge >= 0.3 is 0 Å². The molecule has 9 heteroatoms. The number of halogens is 1. The van der Waals surface area contributed by atoms with Crippen molar-refractivity contribution in [3.8, 4) is 0 Å². The first-order valence-electron chi connectivity index (χ1n) is 9.64. The number of nitrogens with one attached hydrogen (secondary N) is 3. The van der Waals surface area contributed by atoms with Gasteiger partial charge in [-0.25, -0.2) is 13.1 Å². The molecule has 1 aromatic carbocycles. The van der Waals surface area contributed by atoms with E-state index in [1.807, 2.05) is 32.9 Å². The van der Waals surface area contributed by atoms with E-state index in [1.54, 1.807) is 30.5 Å². The molecule has 0 aliphatic heterocycles. The molecule has 30 heavy (non-hydrogen) atoms. The van der Waals surface area contributed by atoms with E-state index in [4.69, 9.17) is 0 Å². The standard InChI is InChI=1S/C21H32N4O2S2.HI/c1-15(13-18-12-11-16(2)28-18)24-20(22-6)23-14-17-9-7-8-10-19(17)29(26,27)25-21(3,4)5;/h7-12,15,25H,13-14H2,1-6H3,(H2,22,23,24);1H. The molecule has 0 fully saturated rings. The Morgan fingerprint density at radius 1 is 1.17 bits per heavy atom. The summed E-state index contributed by atoms with van der Waals surface area (Å²) >= 11 is 1.80. The molecule has 0 spiro atoms. The lowest BCUT2D eigenvalue weighted by Gasteiger charge is -2.22. The van der Waals surface area contributed by atoms with Gasteiger partial charge in [0.25, 0.3) is 0 Å². The van der Waals surface area contributed by atoms with Gasteiger partial charge in [0.2, 0.25) is 10.0 Å². The van der Waals surface area contributed by atoms with Crippen molar-refractivity contribution in [1.29, 1.82) is 0 Å². The zero-order valence-corrected chi connectivity index (χ0v) is 22.4. The first-order chi connectivity index (χ1) is 13.5. The number of sulfonamides is 1. The van der Waals surface area contributed by atoms with Crippen LogP contribution in [0.3, 0.4) is 0 Å². The smallest absolute Gasteiger partial charge is 0.241 e. The van der Waals surface area contributed by atoms with Gasteiger partial charge in [0, 0.05) is 41.3 Å². The van der Waals surface area contributed by atoms with Gasteiger partial charge in [0.15, 0.2) is 5.96 Å². The van der Waals surface area contributed by atoms with E-state index in [2.05, 4.69) is 46.3 Å². The maximum absolute atomic E-state index is 12.8. The molecule has 0 saturated heterocycles. The number of rotatable bonds is 7. The summed E-state index contributed by atoms with van der Waals surface area (Å²) in [5.41, 5.74) is 0.140. The normalized spacial score (nSPS) is 13.5. The Labute approximate surface area is 202 Å². The predicted molar refractivity (Wildman–Crippen MR) is 137 cm³/mol. The monoisotopic (exact) mass is 564 g/mol. The summed E-state index contributed by atoms with van der Waals surface area (Å²) in [5, 5.41) is 6.60. The molecule has 1 atom stereocenters. The fourth-order valence-electron chi connectivity index (χ4n) is 2.92. The Morgan fingerprint density at radius 2 is 1.83 bits per heavy atom. The van der Waals surface area contributed by atoms with Crippen molar-refractivity contribution >= 4 is 51.3 Å². The summed E-state index contributed by atoms with van der Waals surface area (Å²) in [4.78, 5) is 7.18. The molecule has 0 aliphatic rings. The van der Waals surface area contributed by atoms with E-state index in [-0.39, 0.29) is 34.9 Å². The lowest BCUT2D eigenvalue weighted by molar-refractivity contribution is 0.491. The fourth-order valence-corrected chi connectivity index (χ4v) is 5.60. The van der Waals surface area contributed by atoms with Gasteiger partial charge in [-0.05, 0) is 58.4 Å². The molecule has 0 amide bonds. The minimum Gasteiger partial charge on any atom is -0.354 e. The third-order valence-electron chi connectivity index (χ3n) is 4.06. The van der Waals surface area contributed by atoms with Crippen LogP contribution < -0.4 is 15.4 Å². The second-order valence-electron chi connectivity index (χ2n) is 8.15. The molecule has 2 rings (SSSR count). The molecule has 168 valence electrons. The van der Waals surface area contributed by atoms with Crippen LogP contribution in [0.25, 0.3) is 0 Å². The van der Waals surface area contributed by atoms with Crippen LogP contribution in [0.1, 0.15) is 43.0 Å². The molecule has 0 bridgehead atoms. The van der Waals surface area contributed by atoms with Gasteiger partial charge in [-0.15, -0.1) is 35.3 Å². The van der Waals surface area contributed by atoms with Gasteiger partial charge in [-0.3, -0.25) is 4.99 Å². The van der Waals surface area contributed by atoms with Crippen molar-refractivity contribution in [1.82, 2.24) is 15.4 Å². The average Bonchev–Trinajstić information content (AvgIpc) is 3.01. The average molecular weight is 565 g/mol. The molecular formula is C21H33IN4O2S2. The van der Waals surface area contributed by atoms with Crippen LogP contribution in [0.5, 0.6) is 0 Å². The SMILES string of the molecule is CN=C(NCc1ccccc1S(=O)(=O)NC(C)(C)C)NC(C)Cc1ccc(C)s1.I. The van der Waals surface area contributed by atoms with Crippen molar-refractivity contribution in [2.75, 3.05) is 7.05 Å². The molecule has 6 nitrogen and oxygen atoms in total. The lowest BCUT2D eigenvalue weighted by atomic mass is 10.1. The van der Waals surface area contributed by atoms with Crippen molar-refractivity contribution in [3.63, 3.8) is 0 Å². The van der Waals surface area contributed by atoms with Crippen LogP contribution in [-0.4, -0.2) is 33.0 Å². The van der Waals surface area contributed by atoms with E-state index in [0.29, 0.717) is 18.1 Å². The predicted octanol–water partition coefficient (Wildman–Crippen LogP) is 4.05. The fraction of sp³-hybridized carbons (Fsp3) is 0.476. The molecule has 0 aliphatic carbocycles. The van der Waals surface area contributed by atoms with Crippen LogP contribution in [0, 0.1) is 6.92 Å². The van der Waals surface area contributed by atoms with E-state index in [1.165, 1.54) is 9.75 Å². The largest absolute Gasteiger partial charge is 0.354 e. The first-order valence-corrected chi connectivity index (χ1v) is 11.9. The number of nitrogens with zero attached hydrogens (tertiary/aromatic N) is 1. The number of hydrogen-bond acceptors (Lipinski definition) is 4. The van der Waals surface area contributed by atoms with Crippen molar-refractivity contribution in [2.45, 2.75) is 64.1 Å². The molecule has 1 unspecified atom stereocenters. The molecule has 3 N–H and O–H groups in total. The second-order valence-corrected chi connectivity index (χ2v) is 11.2. The van der Waals surface area contributed by atoms with Crippen LogP contribution in [0.4, 0.5) is 0 Å². The number of benzene rings is 1. The highest BCUT2D eigenvalue weighted by Gasteiger charge is 2.24. The molecule has 2 aromatic rings. The lowest BCUT2D eigenvalue weighted by Crippen LogP contribution is -2.43. The number of guanidine groups is 1. The molecule has 1 heterocycles. The third kappa shape index (κ3) is 8.52. The zero-order chi connectivity index (χ0) is 21.7. The summed E-state index contributed by atoms with van der Waals surface area (Å²) in [6, 6.07) is 11.5. The Kier molecular flexibility index (Phi) is 10.3. The number of hydrogen-bond donors (Lipinski definition) is 3. The van der Waals surface area contributed by atoms with E-state index >= 15 is 0 Å². The first kappa shape index (κ1) is 26.9. The van der Waals surface area contributed by atoms with Crippen molar-refractivity contribution in [2.24, 2.45) is 4.99 Å². The zero-order valence-electron chi connectivity index (χ0n) is 18.4. The number of aliphatic imine (C=N–C) groups is 1. The molecule has 0 radical (unpaired) electrons. The molecule has 1 aromatic heterocycles. The Bertz CT molecular complexity index is 950. The van der Waals surface area contributed by atoms with Gasteiger partial charge in [-0.2, -0.15) is 0 Å². The van der Waals surface area contributed by atoms with E-state index < -0.39 is 15.6 Å². The highest BCUT2D eigenvalue weighted by molar-refractivity contribution is 14.0. The van der Waals surface area contributed by atoms with Gasteiger partial charge in [0.05, 0.1) is 4.90 Å². The van der Waals surface area contributed by atoms with Crippen LogP contribution >= 0.6 is 35.3 Å². The Hall–Kier alpha value is -1.17. The minimum absolute atomic E-state index is 0. The van der Waals surface area contributed by atoms with Crippen molar-refractivity contribution < 1.29 is 8.42 Å². The van der Waals surface area contributed by atoms with Crippen LogP contribution in [0.2, 0.25) is 0 Å². The Morgan fingerprint density at radius 3 is 2.40 bits per heavy atom. The maximum Gasteiger partial charge on any atom is 0.241 e. The highest BCUT2D eigenvalue weighted by Crippen LogP contribution is 2.18. The maximum atomic E-state index is 12.8. The van der Waals surface area contributed by atoms with Crippen LogP contribution in [0.15, 0.2) is 46.3 Å².